The van der Waals surface area contributed by atoms with Crippen molar-refractivity contribution in [2.45, 2.75) is 236 Å². The number of fused-ring (bicyclic) bond motifs is 1. The fraction of sp³-hybridized carbons (Fsp3) is 0.531. The normalized spacial score (nSPS) is 16.4. The molecule has 0 bridgehead atoms. The third kappa shape index (κ3) is 29.0. The number of unbranched alkanes of at least 4 members (excludes halogenated alkanes) is 2. The van der Waals surface area contributed by atoms with Gasteiger partial charge in [0.1, 0.15) is 78.0 Å². The van der Waals surface area contributed by atoms with Crippen molar-refractivity contribution in [3.05, 3.63) is 114 Å². The van der Waals surface area contributed by atoms with Gasteiger partial charge in [0.15, 0.2) is 0 Å². The van der Waals surface area contributed by atoms with E-state index in [0.717, 1.165) is 0 Å². The summed E-state index contributed by atoms with van der Waals surface area (Å²) in [4.78, 5) is 223. The van der Waals surface area contributed by atoms with Gasteiger partial charge in [-0.05, 0) is 149 Å². The average Bonchev–Trinajstić information content (AvgIpc) is 1.65. The van der Waals surface area contributed by atoms with E-state index in [1.807, 2.05) is 19.1 Å². The lowest BCUT2D eigenvalue weighted by Gasteiger charge is -2.31. The van der Waals surface area contributed by atoms with E-state index >= 15 is 0 Å². The summed E-state index contributed by atoms with van der Waals surface area (Å²) in [7, 11) is 0. The molecule has 2 aliphatic rings. The van der Waals surface area contributed by atoms with Crippen LogP contribution in [0.1, 0.15) is 160 Å². The number of carboxylic acids is 1. The van der Waals surface area contributed by atoms with Gasteiger partial charge in [-0.25, -0.2) is 9.78 Å². The molecule has 5 aromatic rings. The van der Waals surface area contributed by atoms with Crippen molar-refractivity contribution in [3.63, 3.8) is 0 Å². The quantitative estimate of drug-likeness (QED) is 0.0216. The van der Waals surface area contributed by atoms with Crippen LogP contribution in [0.4, 0.5) is 0 Å². The third-order valence-corrected chi connectivity index (χ3v) is 20.5. The molecule has 23 N–H and O–H groups in total. The first-order valence-electron chi connectivity index (χ1n) is 40.2. The number of primary amides is 2. The van der Waals surface area contributed by atoms with E-state index in [1.54, 1.807) is 58.2 Å². The molecular weight excluding hydrogens is 1530 g/mol. The largest absolute Gasteiger partial charge is 0.508 e. The molecular formula is C81H115N19O18. The van der Waals surface area contributed by atoms with Gasteiger partial charge in [-0.3, -0.25) is 67.1 Å². The lowest BCUT2D eigenvalue weighted by atomic mass is 9.99. The number of imidazole rings is 1. The molecule has 0 radical (unpaired) electrons. The van der Waals surface area contributed by atoms with Crippen LogP contribution in [0.3, 0.4) is 0 Å². The molecule has 2 fully saturated rings. The Balaban J connectivity index is 1.02. The molecule has 4 heterocycles. The van der Waals surface area contributed by atoms with E-state index in [9.17, 15) is 87.2 Å². The Kier molecular flexibility index (Phi) is 36.4. The predicted molar refractivity (Wildman–Crippen MR) is 432 cm³/mol. The number of carbonyl (C=O) groups excluding carboxylic acids is 14. The summed E-state index contributed by atoms with van der Waals surface area (Å²) < 4.78 is 0. The molecule has 37 nitrogen and oxygen atoms in total. The highest BCUT2D eigenvalue weighted by Crippen LogP contribution is 2.25. The first kappa shape index (κ1) is 93.1. The number of phenolic OH excluding ortho intramolecular Hbond substituents is 2. The number of rotatable bonds is 48. The number of nitrogens with one attached hydrogen (secondary N) is 12. The average molecular weight is 1640 g/mol. The maximum atomic E-state index is 15.0. The van der Waals surface area contributed by atoms with E-state index in [2.05, 4.69) is 68.1 Å². The SMILES string of the molecule is CCCC[C@H](NC(=O)[C@@H]1CCCN1C(=O)[C@H](CCC(N)=O)NC(=O)CNC(=O)[C@@H]1CCCN1C(=O)[C@H](CCCCN)NC(=O)[C@H](CC(C)C)NC(=O)[C@H](CCC(N)=O)NC(=O)[C@H](CC(C)C)NC(=O)[C@H](Cc1c[nH]c2ccccc12)NC(=O)[C@H](Cc1c[nH]cn1)NC(=O)[C@@H](N)Cc1ccc(O)cc1)C(=O)N[C@@H](Cc1ccc(O)cc1)C(=O)O. The van der Waals surface area contributed by atoms with Crippen LogP contribution < -0.4 is 76.1 Å². The Morgan fingerprint density at radius 1 is 0.508 bits per heavy atom. The number of likely N-dealkylation sites (tertiary alicyclic amines) is 2. The molecule has 0 aliphatic carbocycles. The number of nitrogens with two attached hydrogens (primary N) is 4. The van der Waals surface area contributed by atoms with Crippen molar-refractivity contribution in [1.82, 2.24) is 77.9 Å². The van der Waals surface area contributed by atoms with Gasteiger partial charge < -0.3 is 111 Å². The number of nitrogens with zero attached hydrogens (tertiary/aromatic N) is 3. The highest BCUT2D eigenvalue weighted by molar-refractivity contribution is 6.00. The highest BCUT2D eigenvalue weighted by Gasteiger charge is 2.43. The van der Waals surface area contributed by atoms with Crippen LogP contribution in [-0.2, 0) is 97.6 Å². The summed E-state index contributed by atoms with van der Waals surface area (Å²) in [6.45, 7) is 8.46. The van der Waals surface area contributed by atoms with Gasteiger partial charge in [-0.15, -0.1) is 0 Å². The molecule has 12 atom stereocenters. The zero-order chi connectivity index (χ0) is 86.3. The summed E-state index contributed by atoms with van der Waals surface area (Å²) in [5.41, 5.74) is 26.2. The summed E-state index contributed by atoms with van der Waals surface area (Å²) in [5, 5.41) is 57.0. The zero-order valence-corrected chi connectivity index (χ0v) is 67.3. The van der Waals surface area contributed by atoms with Gasteiger partial charge in [-0.1, -0.05) is 89.9 Å². The van der Waals surface area contributed by atoms with Crippen molar-refractivity contribution >= 4 is 99.6 Å². The van der Waals surface area contributed by atoms with E-state index in [1.165, 1.54) is 58.7 Å². The summed E-state index contributed by atoms with van der Waals surface area (Å²) in [6.07, 6.45) is 5.33. The number of hydrogen-bond donors (Lipinski definition) is 19. The minimum atomic E-state index is -1.58. The van der Waals surface area contributed by atoms with Crippen molar-refractivity contribution in [2.75, 3.05) is 26.2 Å². The number of para-hydroxylation sites is 1. The minimum Gasteiger partial charge on any atom is -0.508 e. The number of hydrogen-bond acceptors (Lipinski definition) is 20. The zero-order valence-electron chi connectivity index (χ0n) is 67.3. The van der Waals surface area contributed by atoms with Crippen LogP contribution >= 0.6 is 0 Å². The maximum absolute atomic E-state index is 15.0. The minimum absolute atomic E-state index is 0.00727. The van der Waals surface area contributed by atoms with Crippen LogP contribution in [0.2, 0.25) is 0 Å². The Labute approximate surface area is 683 Å². The van der Waals surface area contributed by atoms with Crippen molar-refractivity contribution in [3.8, 4) is 11.5 Å². The second-order valence-electron chi connectivity index (χ2n) is 30.9. The van der Waals surface area contributed by atoms with Gasteiger partial charge in [-0.2, -0.15) is 0 Å². The summed E-state index contributed by atoms with van der Waals surface area (Å²) in [6, 6.07) is 2.92. The second-order valence-corrected chi connectivity index (χ2v) is 30.9. The molecule has 0 spiro atoms. The number of aromatic amines is 2. The van der Waals surface area contributed by atoms with Gasteiger partial charge >= 0.3 is 5.97 Å². The van der Waals surface area contributed by atoms with Gasteiger partial charge in [0.25, 0.3) is 0 Å². The highest BCUT2D eigenvalue weighted by atomic mass is 16.4. The van der Waals surface area contributed by atoms with Crippen LogP contribution in [0.25, 0.3) is 10.9 Å². The number of H-pyrrole nitrogens is 2. The first-order chi connectivity index (χ1) is 56.2. The van der Waals surface area contributed by atoms with Gasteiger partial charge in [0.2, 0.25) is 82.7 Å². The van der Waals surface area contributed by atoms with Crippen molar-refractivity contribution in [2.24, 2.45) is 34.8 Å². The van der Waals surface area contributed by atoms with Gasteiger partial charge in [0.05, 0.1) is 24.6 Å². The fourth-order valence-corrected chi connectivity index (χ4v) is 14.2. The maximum Gasteiger partial charge on any atom is 0.326 e. The topological polar surface area (TPSA) is 592 Å². The number of amides is 14. The smallest absolute Gasteiger partial charge is 0.326 e. The monoisotopic (exact) mass is 1640 g/mol. The van der Waals surface area contributed by atoms with E-state index in [4.69, 9.17) is 22.9 Å². The number of benzene rings is 3. The van der Waals surface area contributed by atoms with Crippen LogP contribution in [0, 0.1) is 11.8 Å². The molecule has 2 aliphatic heterocycles. The first-order valence-corrected chi connectivity index (χ1v) is 40.2. The molecule has 14 amide bonds. The lowest BCUT2D eigenvalue weighted by Crippen LogP contribution is -2.61. The van der Waals surface area contributed by atoms with Crippen LogP contribution in [0.15, 0.2) is 91.5 Å². The molecule has 3 aromatic carbocycles. The lowest BCUT2D eigenvalue weighted by molar-refractivity contribution is -0.144. The Hall–Kier alpha value is -12.0. The standard InChI is InChI=1S/C81H115N19O18/c1-6-7-15-56(71(107)98-64(81(117)118)38-48-22-26-52(102)27-23-48)92-78(114)66-19-13-34-100(66)80(116)59(29-31-68(85)104)90-69(105)43-88-77(113)65-18-12-33-99(65)79(115)58(17-10-11-32-82)93-74(110)61(36-46(4)5)95-72(108)57(28-30-67(84)103)91-73(109)60(35-45(2)3)96-75(111)62(39-49-41-87-55-16-9-8-14-53(49)55)97-76(112)63(40-50-42-86-44-89-50)94-70(106)54(83)37-47-20-24-51(101)25-21-47/h8-9,14,16,20-27,41-42,44-46,54,56-66,87,101-102H,6-7,10-13,15,17-19,28-40,43,82-83H2,1-5H3,(H2,84,103)(H2,85,104)(H,86,89)(H,88,113)(H,90,105)(H,91,109)(H,92,114)(H,93,110)(H,94,106)(H,95,108)(H,96,111)(H,97,112)(H,98,107)(H,117,118)/t54-,56-,57-,58-,59-,60-,61-,62-,63-,64-,65-,66-/m0/s1. The summed E-state index contributed by atoms with van der Waals surface area (Å²) >= 11 is 0. The number of carbonyl (C=O) groups is 15. The predicted octanol–water partition coefficient (Wildman–Crippen LogP) is -0.612. The Bertz CT molecular complexity index is 4270. The molecule has 2 saturated heterocycles. The number of aromatic hydroxyl groups is 2. The molecule has 118 heavy (non-hydrogen) atoms. The number of aromatic nitrogens is 3. The van der Waals surface area contributed by atoms with Crippen molar-refractivity contribution in [1.29, 1.82) is 0 Å². The molecule has 7 rings (SSSR count). The molecule has 642 valence electrons. The number of carboxylic acid groups (broad SMARTS) is 1. The van der Waals surface area contributed by atoms with E-state index in [0.29, 0.717) is 71.8 Å². The molecule has 0 unspecified atom stereocenters. The Morgan fingerprint density at radius 3 is 1.51 bits per heavy atom. The summed E-state index contributed by atoms with van der Waals surface area (Å²) in [5.74, 6) is -13.4. The number of phenols is 2. The van der Waals surface area contributed by atoms with Gasteiger partial charge in [0, 0.05) is 68.5 Å². The number of aliphatic carboxylic acids is 1. The molecule has 37 heteroatoms. The Morgan fingerprint density at radius 2 is 0.975 bits per heavy atom. The molecule has 0 saturated carbocycles. The fourth-order valence-electron chi connectivity index (χ4n) is 14.2. The third-order valence-electron chi connectivity index (χ3n) is 20.5. The van der Waals surface area contributed by atoms with Crippen LogP contribution in [0.5, 0.6) is 11.5 Å². The second kappa shape index (κ2) is 46.1. The van der Waals surface area contributed by atoms with Crippen LogP contribution in [-0.4, -0.2) is 227 Å². The van der Waals surface area contributed by atoms with E-state index < -0.39 is 181 Å². The molecule has 2 aromatic heterocycles. The van der Waals surface area contributed by atoms with E-state index in [-0.39, 0.29) is 120 Å². The van der Waals surface area contributed by atoms with Crippen molar-refractivity contribution < 1.29 is 87.2 Å².